The summed E-state index contributed by atoms with van der Waals surface area (Å²) in [6.07, 6.45) is -15.6. The summed E-state index contributed by atoms with van der Waals surface area (Å²) in [5, 5.41) is 68.2. The van der Waals surface area contributed by atoms with Crippen LogP contribution in [0.1, 0.15) is 6.92 Å². The first kappa shape index (κ1) is 21.4. The Morgan fingerprint density at radius 1 is 0.808 bits per heavy atom. The molecule has 0 aromatic heterocycles. The molecule has 152 valence electrons. The number of hydrogen-bond donors (Lipinski definition) is 7. The van der Waals surface area contributed by atoms with E-state index in [9.17, 15) is 35.4 Å². The Hall–Kier alpha value is -0.930. The third-order valence-corrected chi connectivity index (χ3v) is 4.24. The molecule has 12 heteroatoms. The molecule has 0 spiro atoms. The summed E-state index contributed by atoms with van der Waals surface area (Å²) in [6.45, 7) is -0.330. The second-order valence-corrected chi connectivity index (χ2v) is 6.11. The molecule has 0 aromatic carbocycles. The number of rotatable bonds is 5. The molecule has 12 nitrogen and oxygen atoms in total. The molecule has 0 saturated carbocycles. The molecular formula is C14H24O12. The zero-order valence-corrected chi connectivity index (χ0v) is 13.9. The van der Waals surface area contributed by atoms with Crippen LogP contribution in [0.25, 0.3) is 0 Å². The van der Waals surface area contributed by atoms with Crippen LogP contribution in [-0.2, 0) is 23.7 Å². The number of ether oxygens (including phenoxy) is 4. The van der Waals surface area contributed by atoms with E-state index < -0.39 is 80.6 Å². The topological polar surface area (TPSA) is 196 Å². The molecule has 2 saturated heterocycles. The molecular weight excluding hydrogens is 360 g/mol. The number of carbonyl (C=O) groups is 1. The lowest BCUT2D eigenvalue weighted by molar-refractivity contribution is -0.376. The van der Waals surface area contributed by atoms with Gasteiger partial charge in [-0.2, -0.15) is 0 Å². The zero-order chi connectivity index (χ0) is 19.6. The van der Waals surface area contributed by atoms with E-state index in [1.54, 1.807) is 0 Å². The summed E-state index contributed by atoms with van der Waals surface area (Å²) in [4.78, 5) is 11.2. The van der Waals surface area contributed by atoms with E-state index in [-0.39, 0.29) is 0 Å². The van der Waals surface area contributed by atoms with Crippen molar-refractivity contribution in [3.63, 3.8) is 0 Å². The molecule has 2 fully saturated rings. The second-order valence-electron chi connectivity index (χ2n) is 6.11. The van der Waals surface area contributed by atoms with Crippen LogP contribution in [0.15, 0.2) is 0 Å². The van der Waals surface area contributed by atoms with E-state index in [0.29, 0.717) is 0 Å². The molecule has 0 unspecified atom stereocenters. The van der Waals surface area contributed by atoms with E-state index in [4.69, 9.17) is 24.1 Å². The highest BCUT2D eigenvalue weighted by Crippen LogP contribution is 2.29. The molecule has 2 aliphatic rings. The van der Waals surface area contributed by atoms with Gasteiger partial charge in [0.1, 0.15) is 42.7 Å². The van der Waals surface area contributed by atoms with E-state index in [2.05, 4.69) is 0 Å². The molecule has 7 N–H and O–H groups in total. The van der Waals surface area contributed by atoms with Gasteiger partial charge in [-0.25, -0.2) is 0 Å². The predicted molar refractivity (Wildman–Crippen MR) is 78.2 cm³/mol. The molecule has 0 aromatic rings. The van der Waals surface area contributed by atoms with Gasteiger partial charge < -0.3 is 54.7 Å². The van der Waals surface area contributed by atoms with Crippen molar-refractivity contribution >= 4 is 5.97 Å². The van der Waals surface area contributed by atoms with E-state index in [0.717, 1.165) is 6.92 Å². The number of hydrogen-bond acceptors (Lipinski definition) is 12. The van der Waals surface area contributed by atoms with Crippen molar-refractivity contribution < 1.29 is 59.5 Å². The summed E-state index contributed by atoms with van der Waals surface area (Å²) in [6, 6.07) is 0. The lowest BCUT2D eigenvalue weighted by Gasteiger charge is -2.45. The minimum atomic E-state index is -1.75. The van der Waals surface area contributed by atoms with Crippen LogP contribution >= 0.6 is 0 Å². The Morgan fingerprint density at radius 3 is 1.81 bits per heavy atom. The van der Waals surface area contributed by atoms with Crippen LogP contribution in [-0.4, -0.2) is 116 Å². The summed E-state index contributed by atoms with van der Waals surface area (Å²) < 4.78 is 20.4. The van der Waals surface area contributed by atoms with Crippen LogP contribution in [0.5, 0.6) is 0 Å². The van der Waals surface area contributed by atoms with Crippen LogP contribution in [0.4, 0.5) is 0 Å². The first-order chi connectivity index (χ1) is 12.2. The lowest BCUT2D eigenvalue weighted by atomic mass is 9.98. The molecule has 2 aliphatic heterocycles. The normalized spacial score (nSPS) is 46.8. The van der Waals surface area contributed by atoms with E-state index in [1.807, 2.05) is 0 Å². The van der Waals surface area contributed by atoms with Gasteiger partial charge in [0, 0.05) is 6.92 Å². The van der Waals surface area contributed by atoms with Gasteiger partial charge in [0.05, 0.1) is 13.2 Å². The third kappa shape index (κ3) is 4.31. The third-order valence-electron chi connectivity index (χ3n) is 4.24. The summed E-state index contributed by atoms with van der Waals surface area (Å²) in [7, 11) is 0. The number of carbonyl (C=O) groups excluding carboxylic acids is 1. The molecule has 0 radical (unpaired) electrons. The largest absolute Gasteiger partial charge is 0.457 e. The highest BCUT2D eigenvalue weighted by molar-refractivity contribution is 5.66. The highest BCUT2D eigenvalue weighted by atomic mass is 16.8. The van der Waals surface area contributed by atoms with Gasteiger partial charge in [0.2, 0.25) is 0 Å². The SMILES string of the molecule is CC(=O)O[C@@H]1[C@@H](O)[C@@H](O[C@H]2O[C@H](CO)[C@@H](O)[C@H](O)[C@H]2O)O[C@H](CO)[C@H]1O. The lowest BCUT2D eigenvalue weighted by Crippen LogP contribution is -2.64. The van der Waals surface area contributed by atoms with Crippen LogP contribution in [0.2, 0.25) is 0 Å². The van der Waals surface area contributed by atoms with Gasteiger partial charge in [-0.3, -0.25) is 4.79 Å². The number of esters is 1. The fraction of sp³-hybridized carbons (Fsp3) is 0.929. The van der Waals surface area contributed by atoms with Crippen molar-refractivity contribution in [3.8, 4) is 0 Å². The van der Waals surface area contributed by atoms with Crippen LogP contribution in [0, 0.1) is 0 Å². The molecule has 0 amide bonds. The maximum absolute atomic E-state index is 11.2. The monoisotopic (exact) mass is 384 g/mol. The Labute approximate surface area is 148 Å². The smallest absolute Gasteiger partial charge is 0.303 e. The quantitative estimate of drug-likeness (QED) is 0.224. The minimum Gasteiger partial charge on any atom is -0.457 e. The molecule has 0 aliphatic carbocycles. The van der Waals surface area contributed by atoms with Crippen molar-refractivity contribution in [1.29, 1.82) is 0 Å². The predicted octanol–water partition coefficient (Wildman–Crippen LogP) is -4.83. The summed E-state index contributed by atoms with van der Waals surface area (Å²) in [5.74, 6) is -0.807. The van der Waals surface area contributed by atoms with Crippen molar-refractivity contribution in [1.82, 2.24) is 0 Å². The summed E-state index contributed by atoms with van der Waals surface area (Å²) >= 11 is 0. The average Bonchev–Trinajstić information content (AvgIpc) is 2.60. The Kier molecular flexibility index (Phi) is 7.27. The van der Waals surface area contributed by atoms with Gasteiger partial charge in [-0.15, -0.1) is 0 Å². The molecule has 0 bridgehead atoms. The van der Waals surface area contributed by atoms with Gasteiger partial charge in [-0.05, 0) is 0 Å². The minimum absolute atomic E-state index is 0.688. The number of aliphatic hydroxyl groups excluding tert-OH is 7. The molecule has 10 atom stereocenters. The first-order valence-electron chi connectivity index (χ1n) is 7.96. The highest BCUT2D eigenvalue weighted by Gasteiger charge is 2.51. The molecule has 2 heterocycles. The maximum atomic E-state index is 11.2. The van der Waals surface area contributed by atoms with E-state index in [1.165, 1.54) is 0 Å². The van der Waals surface area contributed by atoms with Gasteiger partial charge in [0.15, 0.2) is 18.7 Å². The van der Waals surface area contributed by atoms with Crippen molar-refractivity contribution in [2.45, 2.75) is 68.3 Å². The van der Waals surface area contributed by atoms with Crippen molar-refractivity contribution in [2.24, 2.45) is 0 Å². The Morgan fingerprint density at radius 2 is 1.31 bits per heavy atom. The van der Waals surface area contributed by atoms with Gasteiger partial charge in [-0.1, -0.05) is 0 Å². The Balaban J connectivity index is 2.14. The summed E-state index contributed by atoms with van der Waals surface area (Å²) in [5.41, 5.74) is 0. The standard InChI is InChI=1S/C14H24O12/c1-4(17)23-12-8(19)6(3-16)25-14(11(12)22)26-13-10(21)9(20)7(18)5(2-15)24-13/h5-16,18-22H,2-3H2,1H3/t5-,6-,7-,8-,9+,10-,11-,12+,13-,14-/m1/s1. The van der Waals surface area contributed by atoms with Crippen molar-refractivity contribution in [2.75, 3.05) is 13.2 Å². The first-order valence-corrected chi connectivity index (χ1v) is 7.96. The van der Waals surface area contributed by atoms with Crippen LogP contribution in [0.3, 0.4) is 0 Å². The molecule has 2 rings (SSSR count). The van der Waals surface area contributed by atoms with Gasteiger partial charge in [0.25, 0.3) is 0 Å². The zero-order valence-electron chi connectivity index (χ0n) is 13.9. The average molecular weight is 384 g/mol. The Bertz CT molecular complexity index is 473. The number of aliphatic hydroxyl groups is 7. The van der Waals surface area contributed by atoms with Gasteiger partial charge >= 0.3 is 5.97 Å². The maximum Gasteiger partial charge on any atom is 0.303 e. The second kappa shape index (κ2) is 8.84. The fourth-order valence-electron chi connectivity index (χ4n) is 2.81. The van der Waals surface area contributed by atoms with Crippen molar-refractivity contribution in [3.05, 3.63) is 0 Å². The van der Waals surface area contributed by atoms with E-state index >= 15 is 0 Å². The molecule has 26 heavy (non-hydrogen) atoms. The van der Waals surface area contributed by atoms with Crippen LogP contribution < -0.4 is 0 Å². The fourth-order valence-corrected chi connectivity index (χ4v) is 2.81.